The van der Waals surface area contributed by atoms with Crippen molar-refractivity contribution in [3.05, 3.63) is 64.6 Å². The molecule has 1 heterocycles. The monoisotopic (exact) mass is 436 g/mol. The van der Waals surface area contributed by atoms with E-state index in [-0.39, 0.29) is 5.91 Å². The minimum Gasteiger partial charge on any atom is -0.324 e. The van der Waals surface area contributed by atoms with E-state index in [0.717, 1.165) is 9.37 Å². The Labute approximate surface area is 162 Å². The van der Waals surface area contributed by atoms with Gasteiger partial charge in [-0.15, -0.1) is 11.8 Å². The minimum atomic E-state index is -0.0804. The summed E-state index contributed by atoms with van der Waals surface area (Å²) in [7, 11) is 0. The molecule has 0 aliphatic carbocycles. The number of carbonyl (C=O) groups is 1. The highest BCUT2D eigenvalue weighted by atomic mass is 79.9. The molecule has 0 aliphatic rings. The summed E-state index contributed by atoms with van der Waals surface area (Å²) >= 11 is 11.4. The van der Waals surface area contributed by atoms with E-state index >= 15 is 0 Å². The summed E-state index contributed by atoms with van der Waals surface area (Å²) in [6.45, 7) is 0. The van der Waals surface area contributed by atoms with Crippen LogP contribution in [0, 0.1) is 0 Å². The maximum atomic E-state index is 12.3. The number of hydrogen-bond donors (Lipinski definition) is 1. The van der Waals surface area contributed by atoms with Gasteiger partial charge in [0, 0.05) is 21.5 Å². The number of nitrogens with one attached hydrogen (secondary N) is 1. The average molecular weight is 438 g/mol. The molecule has 8 heteroatoms. The molecule has 0 radical (unpaired) electrons. The van der Waals surface area contributed by atoms with Gasteiger partial charge >= 0.3 is 0 Å². The first-order chi connectivity index (χ1) is 12.1. The van der Waals surface area contributed by atoms with Gasteiger partial charge in [0.15, 0.2) is 0 Å². The molecule has 128 valence electrons. The molecule has 0 saturated heterocycles. The highest BCUT2D eigenvalue weighted by Gasteiger charge is 2.13. The van der Waals surface area contributed by atoms with Crippen molar-refractivity contribution in [1.29, 1.82) is 0 Å². The van der Waals surface area contributed by atoms with E-state index in [4.69, 9.17) is 11.6 Å². The first-order valence-corrected chi connectivity index (χ1v) is 9.61. The van der Waals surface area contributed by atoms with Gasteiger partial charge in [0.2, 0.25) is 5.91 Å². The van der Waals surface area contributed by atoms with Crippen molar-refractivity contribution < 1.29 is 4.79 Å². The van der Waals surface area contributed by atoms with Crippen molar-refractivity contribution in [3.63, 3.8) is 0 Å². The first kappa shape index (κ1) is 18.0. The smallest absolute Gasteiger partial charge is 0.225 e. The molecule has 25 heavy (non-hydrogen) atoms. The molecule has 0 fully saturated rings. The van der Waals surface area contributed by atoms with Crippen LogP contribution in [0.5, 0.6) is 0 Å². The predicted octanol–water partition coefficient (Wildman–Crippen LogP) is 4.80. The van der Waals surface area contributed by atoms with Crippen molar-refractivity contribution in [2.75, 3.05) is 11.1 Å². The lowest BCUT2D eigenvalue weighted by Crippen LogP contribution is -2.14. The molecule has 5 nitrogen and oxygen atoms in total. The zero-order chi connectivity index (χ0) is 17.6. The summed E-state index contributed by atoms with van der Waals surface area (Å²) in [6.07, 6.45) is 3.35. The molecule has 3 rings (SSSR count). The number of carbonyl (C=O) groups excluding carboxylic acids is 1. The Bertz CT molecular complexity index is 873. The number of halogens is 2. The molecular weight excluding hydrogens is 424 g/mol. The molecule has 0 bridgehead atoms. The fourth-order valence-electron chi connectivity index (χ4n) is 2.20. The quantitative estimate of drug-likeness (QED) is 0.563. The first-order valence-electron chi connectivity index (χ1n) is 7.46. The Morgan fingerprint density at radius 3 is 2.84 bits per heavy atom. The number of thioether (sulfide) groups is 1. The number of para-hydroxylation sites is 1. The second kappa shape index (κ2) is 8.51. The molecule has 1 aromatic heterocycles. The van der Waals surface area contributed by atoms with Crippen molar-refractivity contribution >= 4 is 50.9 Å². The van der Waals surface area contributed by atoms with Crippen molar-refractivity contribution in [1.82, 2.24) is 14.8 Å². The lowest BCUT2D eigenvalue weighted by molar-refractivity contribution is -0.115. The van der Waals surface area contributed by atoms with E-state index in [1.54, 1.807) is 36.3 Å². The average Bonchev–Trinajstić information content (AvgIpc) is 3.11. The number of rotatable bonds is 6. The van der Waals surface area contributed by atoms with Crippen LogP contribution >= 0.6 is 39.3 Å². The van der Waals surface area contributed by atoms with E-state index in [1.807, 2.05) is 24.3 Å². The Kier molecular flexibility index (Phi) is 6.12. The molecular formula is C17H14BrClN4OS. The number of anilines is 1. The van der Waals surface area contributed by atoms with Crippen LogP contribution in [0.3, 0.4) is 0 Å². The van der Waals surface area contributed by atoms with Crippen molar-refractivity contribution in [3.8, 4) is 5.69 Å². The van der Waals surface area contributed by atoms with E-state index < -0.39 is 0 Å². The van der Waals surface area contributed by atoms with Gasteiger partial charge in [-0.1, -0.05) is 29.8 Å². The van der Waals surface area contributed by atoms with Gasteiger partial charge in [0.25, 0.3) is 0 Å². The Morgan fingerprint density at radius 1 is 1.24 bits per heavy atom. The molecule has 0 unspecified atom stereocenters. The summed E-state index contributed by atoms with van der Waals surface area (Å²) in [5, 5.41) is 7.48. The number of hydrogen-bond acceptors (Lipinski definition) is 4. The summed E-state index contributed by atoms with van der Waals surface area (Å²) in [5.41, 5.74) is 1.21. The molecule has 1 amide bonds. The molecule has 2 aromatic carbocycles. The van der Waals surface area contributed by atoms with Gasteiger partial charge in [0.05, 0.1) is 10.7 Å². The zero-order valence-corrected chi connectivity index (χ0v) is 16.2. The second-order valence-electron chi connectivity index (χ2n) is 5.05. The van der Waals surface area contributed by atoms with E-state index in [9.17, 15) is 4.79 Å². The normalized spacial score (nSPS) is 10.6. The zero-order valence-electron chi connectivity index (χ0n) is 13.0. The maximum absolute atomic E-state index is 12.3. The molecule has 0 saturated carbocycles. The number of aromatic nitrogens is 3. The highest BCUT2D eigenvalue weighted by Crippen LogP contribution is 2.29. The second-order valence-corrected chi connectivity index (χ2v) is 7.45. The fraction of sp³-hybridized carbons (Fsp3) is 0.118. The van der Waals surface area contributed by atoms with E-state index in [1.165, 1.54) is 11.0 Å². The third-order valence-electron chi connectivity index (χ3n) is 3.33. The van der Waals surface area contributed by atoms with Gasteiger partial charge in [-0.25, -0.2) is 9.67 Å². The van der Waals surface area contributed by atoms with E-state index in [2.05, 4.69) is 31.3 Å². The summed E-state index contributed by atoms with van der Waals surface area (Å²) < 4.78 is 2.57. The summed E-state index contributed by atoms with van der Waals surface area (Å²) in [6, 6.07) is 13.3. The Hall–Kier alpha value is -1.83. The molecule has 0 spiro atoms. The SMILES string of the molecule is O=C(CCSc1ccccc1Br)Nc1cccc(Cl)c1-n1cncn1. The topological polar surface area (TPSA) is 59.8 Å². The van der Waals surface area contributed by atoms with Crippen LogP contribution in [0.2, 0.25) is 5.02 Å². The number of amides is 1. The van der Waals surface area contributed by atoms with Gasteiger partial charge in [-0.3, -0.25) is 4.79 Å². The van der Waals surface area contributed by atoms with Gasteiger partial charge in [-0.05, 0) is 40.2 Å². The lowest BCUT2D eigenvalue weighted by atomic mass is 10.2. The highest BCUT2D eigenvalue weighted by molar-refractivity contribution is 9.10. The Balaban J connectivity index is 1.64. The molecule has 0 aliphatic heterocycles. The van der Waals surface area contributed by atoms with E-state index in [0.29, 0.717) is 28.6 Å². The van der Waals surface area contributed by atoms with Crippen molar-refractivity contribution in [2.45, 2.75) is 11.3 Å². The molecule has 1 N–H and O–H groups in total. The van der Waals surface area contributed by atoms with Crippen LogP contribution in [0.15, 0.2) is 64.5 Å². The fourth-order valence-corrected chi connectivity index (χ4v) is 3.98. The standard InChI is InChI=1S/C17H14BrClN4OS/c18-12-4-1-2-7-15(12)25-9-8-16(24)22-14-6-3-5-13(19)17(14)23-11-20-10-21-23/h1-7,10-11H,8-9H2,(H,22,24). The predicted molar refractivity (Wildman–Crippen MR) is 104 cm³/mol. The molecule has 0 atom stereocenters. The minimum absolute atomic E-state index is 0.0804. The number of nitrogens with zero attached hydrogens (tertiary/aromatic N) is 3. The van der Waals surface area contributed by atoms with Crippen LogP contribution in [-0.4, -0.2) is 26.4 Å². The lowest BCUT2D eigenvalue weighted by Gasteiger charge is -2.12. The van der Waals surface area contributed by atoms with Crippen LogP contribution in [0.25, 0.3) is 5.69 Å². The van der Waals surface area contributed by atoms with Gasteiger partial charge < -0.3 is 5.32 Å². The van der Waals surface area contributed by atoms with Gasteiger partial charge in [-0.2, -0.15) is 5.10 Å². The third-order valence-corrected chi connectivity index (χ3v) is 5.67. The molecule has 3 aromatic rings. The summed E-state index contributed by atoms with van der Waals surface area (Å²) in [5.74, 6) is 0.594. The van der Waals surface area contributed by atoms with Crippen LogP contribution in [0.4, 0.5) is 5.69 Å². The Morgan fingerprint density at radius 2 is 2.08 bits per heavy atom. The largest absolute Gasteiger partial charge is 0.324 e. The van der Waals surface area contributed by atoms with Crippen LogP contribution in [-0.2, 0) is 4.79 Å². The maximum Gasteiger partial charge on any atom is 0.225 e. The van der Waals surface area contributed by atoms with Crippen molar-refractivity contribution in [2.24, 2.45) is 0 Å². The third kappa shape index (κ3) is 4.62. The summed E-state index contributed by atoms with van der Waals surface area (Å²) in [4.78, 5) is 17.3. The number of benzene rings is 2. The van der Waals surface area contributed by atoms with Gasteiger partial charge in [0.1, 0.15) is 18.3 Å². The van der Waals surface area contributed by atoms with Crippen LogP contribution in [0.1, 0.15) is 6.42 Å². The van der Waals surface area contributed by atoms with Crippen LogP contribution < -0.4 is 5.32 Å².